The van der Waals surface area contributed by atoms with E-state index in [9.17, 15) is 10.1 Å². The van der Waals surface area contributed by atoms with E-state index in [0.29, 0.717) is 18.1 Å². The van der Waals surface area contributed by atoms with Crippen molar-refractivity contribution >= 4 is 27.9 Å². The highest BCUT2D eigenvalue weighted by atomic mass is 79.9. The summed E-state index contributed by atoms with van der Waals surface area (Å²) < 4.78 is 6.71. The van der Waals surface area contributed by atoms with Gasteiger partial charge in [0.25, 0.3) is 5.91 Å². The number of carbonyl (C=O) groups excluding carboxylic acids is 1. The second-order valence-corrected chi connectivity index (χ2v) is 6.46. The number of benzene rings is 2. The Kier molecular flexibility index (Phi) is 5.67. The fraction of sp³-hybridized carbons (Fsp3) is 0.0476. The van der Waals surface area contributed by atoms with Gasteiger partial charge in [-0.2, -0.15) is 5.26 Å². The molecule has 0 aliphatic rings. The summed E-state index contributed by atoms with van der Waals surface area (Å²) in [5.74, 6) is 0.693. The van der Waals surface area contributed by atoms with Crippen LogP contribution in [0.25, 0.3) is 17.4 Å². The molecule has 0 unspecified atom stereocenters. The van der Waals surface area contributed by atoms with Gasteiger partial charge in [-0.3, -0.25) is 4.79 Å². The van der Waals surface area contributed by atoms with Crippen LogP contribution in [0.1, 0.15) is 11.3 Å². The Morgan fingerprint density at radius 2 is 1.81 bits per heavy atom. The Morgan fingerprint density at radius 1 is 1.08 bits per heavy atom. The average Bonchev–Trinajstić information content (AvgIpc) is 3.14. The van der Waals surface area contributed by atoms with Crippen LogP contribution in [0.4, 0.5) is 0 Å². The first-order valence-electron chi connectivity index (χ1n) is 7.95. The SMILES string of the molecule is N#CC(=Cc1ccc(-c2ccc(Br)cc2)o1)C(=O)NCc1ccccc1. The Labute approximate surface area is 159 Å². The second kappa shape index (κ2) is 8.32. The number of halogens is 1. The number of nitriles is 1. The van der Waals surface area contributed by atoms with Crippen LogP contribution >= 0.6 is 15.9 Å². The second-order valence-electron chi connectivity index (χ2n) is 5.55. The van der Waals surface area contributed by atoms with Gasteiger partial charge < -0.3 is 9.73 Å². The maximum Gasteiger partial charge on any atom is 0.262 e. The molecule has 128 valence electrons. The summed E-state index contributed by atoms with van der Waals surface area (Å²) in [4.78, 5) is 12.2. The van der Waals surface area contributed by atoms with Gasteiger partial charge in [0.05, 0.1) is 0 Å². The van der Waals surface area contributed by atoms with Crippen LogP contribution in [0.2, 0.25) is 0 Å². The third-order valence-electron chi connectivity index (χ3n) is 3.70. The molecule has 1 heterocycles. The fourth-order valence-corrected chi connectivity index (χ4v) is 2.63. The zero-order chi connectivity index (χ0) is 18.4. The Morgan fingerprint density at radius 3 is 2.50 bits per heavy atom. The molecule has 4 nitrogen and oxygen atoms in total. The largest absolute Gasteiger partial charge is 0.457 e. The van der Waals surface area contributed by atoms with Crippen molar-refractivity contribution in [3.63, 3.8) is 0 Å². The van der Waals surface area contributed by atoms with E-state index in [-0.39, 0.29) is 5.57 Å². The highest BCUT2D eigenvalue weighted by molar-refractivity contribution is 9.10. The summed E-state index contributed by atoms with van der Waals surface area (Å²) in [6.45, 7) is 0.362. The first-order chi connectivity index (χ1) is 12.7. The van der Waals surface area contributed by atoms with Gasteiger partial charge in [0.2, 0.25) is 0 Å². The fourth-order valence-electron chi connectivity index (χ4n) is 2.36. The van der Waals surface area contributed by atoms with Gasteiger partial charge in [-0.1, -0.05) is 58.4 Å². The van der Waals surface area contributed by atoms with E-state index in [2.05, 4.69) is 21.2 Å². The van der Waals surface area contributed by atoms with Crippen molar-refractivity contribution in [1.82, 2.24) is 5.32 Å². The Hall–Kier alpha value is -3.10. The number of nitrogens with one attached hydrogen (secondary N) is 1. The molecule has 0 saturated heterocycles. The zero-order valence-corrected chi connectivity index (χ0v) is 15.4. The quantitative estimate of drug-likeness (QED) is 0.482. The van der Waals surface area contributed by atoms with Crippen LogP contribution in [0.3, 0.4) is 0 Å². The number of hydrogen-bond acceptors (Lipinski definition) is 3. The minimum absolute atomic E-state index is 0.00219. The number of nitrogens with zero attached hydrogens (tertiary/aromatic N) is 1. The zero-order valence-electron chi connectivity index (χ0n) is 13.8. The van der Waals surface area contributed by atoms with Crippen molar-refractivity contribution < 1.29 is 9.21 Å². The first-order valence-corrected chi connectivity index (χ1v) is 8.75. The Balaban J connectivity index is 1.71. The molecule has 0 radical (unpaired) electrons. The molecule has 3 rings (SSSR count). The average molecular weight is 407 g/mol. The van der Waals surface area contributed by atoms with Crippen LogP contribution in [-0.2, 0) is 11.3 Å². The van der Waals surface area contributed by atoms with Crippen LogP contribution in [-0.4, -0.2) is 5.91 Å². The third kappa shape index (κ3) is 4.50. The van der Waals surface area contributed by atoms with Gasteiger partial charge in [-0.25, -0.2) is 0 Å². The molecule has 0 fully saturated rings. The number of furan rings is 1. The van der Waals surface area contributed by atoms with E-state index < -0.39 is 5.91 Å². The maximum atomic E-state index is 12.2. The normalized spacial score (nSPS) is 11.0. The monoisotopic (exact) mass is 406 g/mol. The predicted octanol–water partition coefficient (Wildman–Crippen LogP) is 4.93. The molecule has 0 bridgehead atoms. The van der Waals surface area contributed by atoms with E-state index in [0.717, 1.165) is 15.6 Å². The molecule has 26 heavy (non-hydrogen) atoms. The summed E-state index contributed by atoms with van der Waals surface area (Å²) >= 11 is 3.39. The lowest BCUT2D eigenvalue weighted by molar-refractivity contribution is -0.117. The topological polar surface area (TPSA) is 66.0 Å². The molecule has 1 N–H and O–H groups in total. The summed E-state index contributed by atoms with van der Waals surface area (Å²) in [6, 6.07) is 22.7. The van der Waals surface area contributed by atoms with Crippen molar-refractivity contribution in [2.75, 3.05) is 0 Å². The van der Waals surface area contributed by atoms with Gasteiger partial charge in [-0.15, -0.1) is 0 Å². The van der Waals surface area contributed by atoms with Gasteiger partial charge in [0.15, 0.2) is 0 Å². The van der Waals surface area contributed by atoms with E-state index in [4.69, 9.17) is 4.42 Å². The molecule has 3 aromatic rings. The van der Waals surface area contributed by atoms with E-state index in [1.807, 2.05) is 66.7 Å². The minimum atomic E-state index is -0.432. The third-order valence-corrected chi connectivity index (χ3v) is 4.23. The summed E-state index contributed by atoms with van der Waals surface area (Å²) in [5, 5.41) is 12.0. The number of rotatable bonds is 5. The number of carbonyl (C=O) groups is 1. The molecule has 0 atom stereocenters. The molecular weight excluding hydrogens is 392 g/mol. The summed E-state index contributed by atoms with van der Waals surface area (Å²) in [7, 11) is 0. The Bertz CT molecular complexity index is 967. The number of amides is 1. The molecule has 0 spiro atoms. The molecule has 5 heteroatoms. The van der Waals surface area contributed by atoms with Crippen molar-refractivity contribution in [3.8, 4) is 17.4 Å². The molecule has 1 aromatic heterocycles. The molecule has 0 aliphatic carbocycles. The molecule has 1 amide bonds. The summed E-state index contributed by atoms with van der Waals surface area (Å²) in [6.07, 6.45) is 1.45. The van der Waals surface area contributed by atoms with Crippen molar-refractivity contribution in [3.05, 3.63) is 88.1 Å². The molecule has 0 saturated carbocycles. The van der Waals surface area contributed by atoms with E-state index in [1.165, 1.54) is 6.08 Å². The van der Waals surface area contributed by atoms with Crippen molar-refractivity contribution in [1.29, 1.82) is 5.26 Å². The lowest BCUT2D eigenvalue weighted by Crippen LogP contribution is -2.23. The van der Waals surface area contributed by atoms with Crippen LogP contribution < -0.4 is 5.32 Å². The molecular formula is C21H15BrN2O2. The highest BCUT2D eigenvalue weighted by Gasteiger charge is 2.11. The molecule has 2 aromatic carbocycles. The van der Waals surface area contributed by atoms with E-state index >= 15 is 0 Å². The maximum absolute atomic E-state index is 12.2. The molecule has 0 aliphatic heterocycles. The van der Waals surface area contributed by atoms with Crippen LogP contribution in [0, 0.1) is 11.3 Å². The lowest BCUT2D eigenvalue weighted by Gasteiger charge is -2.03. The predicted molar refractivity (Wildman–Crippen MR) is 104 cm³/mol. The van der Waals surface area contributed by atoms with E-state index in [1.54, 1.807) is 6.07 Å². The first kappa shape index (κ1) is 17.7. The number of hydrogen-bond donors (Lipinski definition) is 1. The van der Waals surface area contributed by atoms with Gasteiger partial charge in [0, 0.05) is 22.7 Å². The smallest absolute Gasteiger partial charge is 0.262 e. The van der Waals surface area contributed by atoms with Crippen molar-refractivity contribution in [2.45, 2.75) is 6.54 Å². The van der Waals surface area contributed by atoms with Gasteiger partial charge >= 0.3 is 0 Å². The standard InChI is InChI=1S/C21H15BrN2O2/c22-18-8-6-16(7-9-18)20-11-10-19(26-20)12-17(13-23)21(25)24-14-15-4-2-1-3-5-15/h1-12H,14H2,(H,24,25). The highest BCUT2D eigenvalue weighted by Crippen LogP contribution is 2.25. The van der Waals surface area contributed by atoms with Gasteiger partial charge in [-0.05, 0) is 29.8 Å². The van der Waals surface area contributed by atoms with Crippen LogP contribution in [0.5, 0.6) is 0 Å². The van der Waals surface area contributed by atoms with Crippen LogP contribution in [0.15, 0.2) is 81.2 Å². The van der Waals surface area contributed by atoms with Crippen molar-refractivity contribution in [2.24, 2.45) is 0 Å². The minimum Gasteiger partial charge on any atom is -0.457 e. The lowest BCUT2D eigenvalue weighted by atomic mass is 10.2. The summed E-state index contributed by atoms with van der Waals surface area (Å²) in [5.41, 5.74) is 1.88. The van der Waals surface area contributed by atoms with Gasteiger partial charge in [0.1, 0.15) is 23.2 Å².